The van der Waals surface area contributed by atoms with Gasteiger partial charge in [-0.3, -0.25) is 4.79 Å². The average Bonchev–Trinajstić information content (AvgIpc) is 1.79. The Hall–Kier alpha value is -0.280. The Bertz CT molecular complexity index is 210. The molecule has 0 aliphatic heterocycles. The molecule has 0 aromatic heterocycles. The van der Waals surface area contributed by atoms with Gasteiger partial charge in [0.25, 0.3) is 0 Å². The summed E-state index contributed by atoms with van der Waals surface area (Å²) in [5.74, 6) is 0.582. The molecule has 2 aliphatic carbocycles. The van der Waals surface area contributed by atoms with Crippen molar-refractivity contribution in [2.75, 3.05) is 0 Å². The molecular formula is C9H16ClNO2. The number of hydrogen-bond donors (Lipinski definition) is 2. The van der Waals surface area contributed by atoms with Crippen LogP contribution in [-0.4, -0.2) is 16.6 Å². The minimum absolute atomic E-state index is 0. The van der Waals surface area contributed by atoms with Gasteiger partial charge in [-0.25, -0.2) is 0 Å². The summed E-state index contributed by atoms with van der Waals surface area (Å²) in [6.45, 7) is 0. The van der Waals surface area contributed by atoms with Crippen LogP contribution in [0, 0.1) is 11.8 Å². The number of rotatable bonds is 2. The lowest BCUT2D eigenvalue weighted by atomic mass is 9.59. The van der Waals surface area contributed by atoms with Crippen LogP contribution in [0.2, 0.25) is 0 Å². The lowest BCUT2D eigenvalue weighted by Gasteiger charge is -2.48. The number of hydrogen-bond acceptors (Lipinski definition) is 2. The number of carbonyl (C=O) groups is 1. The fourth-order valence-corrected chi connectivity index (χ4v) is 2.30. The maximum Gasteiger partial charge on any atom is 0.323 e. The van der Waals surface area contributed by atoms with Gasteiger partial charge in [-0.05, 0) is 24.7 Å². The Morgan fingerprint density at radius 1 is 1.31 bits per heavy atom. The van der Waals surface area contributed by atoms with Gasteiger partial charge in [0.05, 0.1) is 0 Å². The molecule has 0 saturated heterocycles. The van der Waals surface area contributed by atoms with Crippen LogP contribution in [0.15, 0.2) is 0 Å². The van der Waals surface area contributed by atoms with Crippen LogP contribution in [0.5, 0.6) is 0 Å². The van der Waals surface area contributed by atoms with E-state index >= 15 is 0 Å². The first-order valence-electron chi connectivity index (χ1n) is 4.64. The summed E-state index contributed by atoms with van der Waals surface area (Å²) in [5, 5.41) is 8.76. The van der Waals surface area contributed by atoms with Gasteiger partial charge >= 0.3 is 5.97 Å². The standard InChI is InChI=1S/C9H15NO2.ClH/c10-9(8(11)12)4-7(5-9)6-2-1-3-6;/h6-7H,1-5,10H2,(H,11,12);1H. The van der Waals surface area contributed by atoms with Crippen LogP contribution in [0.25, 0.3) is 0 Å². The predicted molar refractivity (Wildman–Crippen MR) is 51.9 cm³/mol. The minimum atomic E-state index is -0.875. The monoisotopic (exact) mass is 205 g/mol. The molecule has 2 aliphatic rings. The van der Waals surface area contributed by atoms with Crippen LogP contribution in [-0.2, 0) is 4.79 Å². The number of carboxylic acid groups (broad SMARTS) is 1. The first kappa shape index (κ1) is 10.8. The molecule has 2 rings (SSSR count). The molecule has 0 aromatic carbocycles. The zero-order valence-electron chi connectivity index (χ0n) is 7.53. The largest absolute Gasteiger partial charge is 0.480 e. The highest BCUT2D eigenvalue weighted by Gasteiger charge is 2.50. The highest BCUT2D eigenvalue weighted by Crippen LogP contribution is 2.47. The molecule has 0 atom stereocenters. The van der Waals surface area contributed by atoms with Crippen molar-refractivity contribution in [2.45, 2.75) is 37.6 Å². The van der Waals surface area contributed by atoms with E-state index in [2.05, 4.69) is 0 Å². The molecular weight excluding hydrogens is 190 g/mol. The van der Waals surface area contributed by atoms with Gasteiger partial charge in [-0.1, -0.05) is 19.3 Å². The summed E-state index contributed by atoms with van der Waals surface area (Å²) in [5.41, 5.74) is 4.78. The summed E-state index contributed by atoms with van der Waals surface area (Å²) in [6.07, 6.45) is 5.31. The fourth-order valence-electron chi connectivity index (χ4n) is 2.30. The Morgan fingerprint density at radius 2 is 1.85 bits per heavy atom. The zero-order chi connectivity index (χ0) is 8.77. The number of halogens is 1. The number of nitrogens with two attached hydrogens (primary N) is 1. The third-order valence-corrected chi connectivity index (χ3v) is 3.50. The van der Waals surface area contributed by atoms with Crippen molar-refractivity contribution in [1.82, 2.24) is 0 Å². The van der Waals surface area contributed by atoms with E-state index in [1.807, 2.05) is 0 Å². The van der Waals surface area contributed by atoms with E-state index in [9.17, 15) is 4.79 Å². The van der Waals surface area contributed by atoms with Gasteiger partial charge in [-0.15, -0.1) is 12.4 Å². The normalized spacial score (nSPS) is 38.4. The molecule has 4 heteroatoms. The van der Waals surface area contributed by atoms with Gasteiger partial charge in [-0.2, -0.15) is 0 Å². The SMILES string of the molecule is Cl.NC1(C(=O)O)CC(C2CCC2)C1. The van der Waals surface area contributed by atoms with Crippen molar-refractivity contribution < 1.29 is 9.90 Å². The minimum Gasteiger partial charge on any atom is -0.480 e. The van der Waals surface area contributed by atoms with Crippen LogP contribution in [0.4, 0.5) is 0 Å². The third kappa shape index (κ3) is 1.67. The van der Waals surface area contributed by atoms with Crippen LogP contribution in [0.3, 0.4) is 0 Å². The molecule has 0 amide bonds. The third-order valence-electron chi connectivity index (χ3n) is 3.50. The first-order valence-corrected chi connectivity index (χ1v) is 4.64. The maximum absolute atomic E-state index is 10.7. The summed E-state index contributed by atoms with van der Waals surface area (Å²) < 4.78 is 0. The van der Waals surface area contributed by atoms with Gasteiger partial charge < -0.3 is 10.8 Å². The summed E-state index contributed by atoms with van der Waals surface area (Å²) in [6, 6.07) is 0. The topological polar surface area (TPSA) is 63.3 Å². The molecule has 0 aromatic rings. The molecule has 76 valence electrons. The highest BCUT2D eigenvalue weighted by atomic mass is 35.5. The molecule has 2 saturated carbocycles. The van der Waals surface area contributed by atoms with E-state index in [1.54, 1.807) is 0 Å². The van der Waals surface area contributed by atoms with Crippen molar-refractivity contribution in [3.8, 4) is 0 Å². The molecule has 0 radical (unpaired) electrons. The van der Waals surface area contributed by atoms with E-state index in [-0.39, 0.29) is 12.4 Å². The van der Waals surface area contributed by atoms with Crippen molar-refractivity contribution in [1.29, 1.82) is 0 Å². The van der Waals surface area contributed by atoms with Crippen LogP contribution >= 0.6 is 12.4 Å². The average molecular weight is 206 g/mol. The van der Waals surface area contributed by atoms with E-state index < -0.39 is 11.5 Å². The zero-order valence-corrected chi connectivity index (χ0v) is 8.35. The van der Waals surface area contributed by atoms with E-state index in [0.717, 1.165) is 5.92 Å². The van der Waals surface area contributed by atoms with Gasteiger partial charge in [0.1, 0.15) is 5.54 Å². The van der Waals surface area contributed by atoms with Gasteiger partial charge in [0, 0.05) is 0 Å². The summed E-state index contributed by atoms with van der Waals surface area (Å²) >= 11 is 0. The Kier molecular flexibility index (Phi) is 2.88. The molecule has 0 unspecified atom stereocenters. The molecule has 0 bridgehead atoms. The second kappa shape index (κ2) is 3.46. The lowest BCUT2D eigenvalue weighted by Crippen LogP contribution is -2.59. The molecule has 3 N–H and O–H groups in total. The molecule has 13 heavy (non-hydrogen) atoms. The predicted octanol–water partition coefficient (Wildman–Crippen LogP) is 1.40. The molecule has 3 nitrogen and oxygen atoms in total. The molecule has 0 spiro atoms. The maximum atomic E-state index is 10.7. The highest BCUT2D eigenvalue weighted by molar-refractivity contribution is 5.85. The van der Waals surface area contributed by atoms with Crippen molar-refractivity contribution in [3.05, 3.63) is 0 Å². The Morgan fingerprint density at radius 3 is 2.15 bits per heavy atom. The summed E-state index contributed by atoms with van der Waals surface area (Å²) in [4.78, 5) is 10.7. The van der Waals surface area contributed by atoms with Gasteiger partial charge in [0.15, 0.2) is 0 Å². The van der Waals surface area contributed by atoms with Crippen LogP contribution < -0.4 is 5.73 Å². The second-order valence-electron chi connectivity index (χ2n) is 4.32. The smallest absolute Gasteiger partial charge is 0.323 e. The van der Waals surface area contributed by atoms with Gasteiger partial charge in [0.2, 0.25) is 0 Å². The quantitative estimate of drug-likeness (QED) is 0.717. The number of carboxylic acids is 1. The van der Waals surface area contributed by atoms with Crippen LogP contribution in [0.1, 0.15) is 32.1 Å². The molecule has 2 fully saturated rings. The van der Waals surface area contributed by atoms with E-state index in [4.69, 9.17) is 10.8 Å². The molecule has 0 heterocycles. The van der Waals surface area contributed by atoms with Crippen molar-refractivity contribution >= 4 is 18.4 Å². The van der Waals surface area contributed by atoms with E-state index in [1.165, 1.54) is 19.3 Å². The fraction of sp³-hybridized carbons (Fsp3) is 0.889. The Balaban J connectivity index is 0.000000845. The second-order valence-corrected chi connectivity index (χ2v) is 4.32. The number of aliphatic carboxylic acids is 1. The summed E-state index contributed by atoms with van der Waals surface area (Å²) in [7, 11) is 0. The van der Waals surface area contributed by atoms with Crippen molar-refractivity contribution in [3.63, 3.8) is 0 Å². The Labute approximate surface area is 84.1 Å². The van der Waals surface area contributed by atoms with E-state index in [0.29, 0.717) is 18.8 Å². The first-order chi connectivity index (χ1) is 5.62. The van der Waals surface area contributed by atoms with Crippen molar-refractivity contribution in [2.24, 2.45) is 17.6 Å². The lowest BCUT2D eigenvalue weighted by molar-refractivity contribution is -0.150.